The molecular formula is C12H14O5. The molecule has 1 aliphatic carbocycles. The molecule has 2 N–H and O–H groups in total. The number of aliphatic hydroxyl groups excluding tert-OH is 1. The van der Waals surface area contributed by atoms with Crippen LogP contribution < -0.4 is 9.47 Å². The average molecular weight is 238 g/mol. The lowest BCUT2D eigenvalue weighted by Gasteiger charge is -2.14. The summed E-state index contributed by atoms with van der Waals surface area (Å²) in [6, 6.07) is 3.36. The van der Waals surface area contributed by atoms with Crippen molar-refractivity contribution < 1.29 is 24.5 Å². The minimum absolute atomic E-state index is 0.175. The fourth-order valence-corrected chi connectivity index (χ4v) is 2.31. The maximum absolute atomic E-state index is 11.2. The van der Waals surface area contributed by atoms with E-state index >= 15 is 0 Å². The Kier molecular flexibility index (Phi) is 2.93. The third-order valence-corrected chi connectivity index (χ3v) is 3.08. The van der Waals surface area contributed by atoms with Crippen LogP contribution in [-0.4, -0.2) is 30.4 Å². The fraction of sp³-hybridized carbons (Fsp3) is 0.417. The van der Waals surface area contributed by atoms with E-state index in [9.17, 15) is 9.90 Å². The Morgan fingerprint density at radius 2 is 2.06 bits per heavy atom. The predicted molar refractivity (Wildman–Crippen MR) is 59.5 cm³/mol. The maximum atomic E-state index is 11.2. The van der Waals surface area contributed by atoms with Crippen molar-refractivity contribution >= 4 is 5.97 Å². The summed E-state index contributed by atoms with van der Waals surface area (Å²) in [6.45, 7) is 0. The summed E-state index contributed by atoms with van der Waals surface area (Å²) in [5.74, 6) is -0.833. The molecule has 1 aromatic carbocycles. The lowest BCUT2D eigenvalue weighted by atomic mass is 10.00. The van der Waals surface area contributed by atoms with E-state index in [1.54, 1.807) is 12.1 Å². The van der Waals surface area contributed by atoms with E-state index in [0.717, 1.165) is 0 Å². The second kappa shape index (κ2) is 4.25. The van der Waals surface area contributed by atoms with Gasteiger partial charge in [-0.3, -0.25) is 4.79 Å². The zero-order valence-electron chi connectivity index (χ0n) is 9.64. The quantitative estimate of drug-likeness (QED) is 0.830. The molecule has 17 heavy (non-hydrogen) atoms. The number of carbonyl (C=O) groups is 1. The molecule has 0 saturated carbocycles. The van der Waals surface area contributed by atoms with Gasteiger partial charge in [0.15, 0.2) is 11.5 Å². The van der Waals surface area contributed by atoms with Gasteiger partial charge in [-0.2, -0.15) is 0 Å². The van der Waals surface area contributed by atoms with Gasteiger partial charge in [0, 0.05) is 5.56 Å². The highest BCUT2D eigenvalue weighted by Gasteiger charge is 2.38. The monoisotopic (exact) mass is 238 g/mol. The molecule has 5 nitrogen and oxygen atoms in total. The van der Waals surface area contributed by atoms with Crippen LogP contribution in [0.2, 0.25) is 0 Å². The van der Waals surface area contributed by atoms with Crippen molar-refractivity contribution in [2.24, 2.45) is 0 Å². The first-order valence-electron chi connectivity index (χ1n) is 5.25. The van der Waals surface area contributed by atoms with Crippen LogP contribution >= 0.6 is 0 Å². The molecule has 0 fully saturated rings. The first kappa shape index (κ1) is 11.7. The highest BCUT2D eigenvalue weighted by Crippen LogP contribution is 2.48. The van der Waals surface area contributed by atoms with Gasteiger partial charge in [-0.15, -0.1) is 0 Å². The number of carboxylic acids is 1. The van der Waals surface area contributed by atoms with Crippen LogP contribution in [0.4, 0.5) is 0 Å². The molecule has 0 spiro atoms. The zero-order valence-corrected chi connectivity index (χ0v) is 9.64. The van der Waals surface area contributed by atoms with E-state index in [4.69, 9.17) is 14.6 Å². The van der Waals surface area contributed by atoms with E-state index in [1.165, 1.54) is 14.2 Å². The van der Waals surface area contributed by atoms with Crippen LogP contribution in [0.15, 0.2) is 12.1 Å². The molecule has 1 aromatic rings. The maximum Gasteiger partial charge on any atom is 0.311 e. The Morgan fingerprint density at radius 1 is 1.35 bits per heavy atom. The normalized spacial score (nSPS) is 22.1. The van der Waals surface area contributed by atoms with Crippen LogP contribution in [0.1, 0.15) is 29.6 Å². The molecule has 0 bridgehead atoms. The summed E-state index contributed by atoms with van der Waals surface area (Å²) in [4.78, 5) is 11.2. The molecule has 5 heteroatoms. The van der Waals surface area contributed by atoms with Gasteiger partial charge in [-0.25, -0.2) is 0 Å². The highest BCUT2D eigenvalue weighted by molar-refractivity contribution is 5.80. The van der Waals surface area contributed by atoms with Crippen molar-refractivity contribution in [2.75, 3.05) is 14.2 Å². The van der Waals surface area contributed by atoms with Gasteiger partial charge in [-0.05, 0) is 18.1 Å². The van der Waals surface area contributed by atoms with Crippen molar-refractivity contribution in [1.82, 2.24) is 0 Å². The predicted octanol–water partition coefficient (Wildman–Crippen LogP) is 1.31. The Balaban J connectivity index is 2.62. The summed E-state index contributed by atoms with van der Waals surface area (Å²) >= 11 is 0. The fourth-order valence-electron chi connectivity index (χ4n) is 2.31. The number of ether oxygens (including phenoxy) is 2. The van der Waals surface area contributed by atoms with E-state index in [1.807, 2.05) is 0 Å². The van der Waals surface area contributed by atoms with Crippen LogP contribution in [-0.2, 0) is 4.79 Å². The number of methoxy groups -OCH3 is 2. The molecule has 0 heterocycles. The number of aliphatic hydroxyl groups is 1. The van der Waals surface area contributed by atoms with E-state index in [-0.39, 0.29) is 6.42 Å². The van der Waals surface area contributed by atoms with Crippen LogP contribution in [0.25, 0.3) is 0 Å². The van der Waals surface area contributed by atoms with Gasteiger partial charge in [0.1, 0.15) is 0 Å². The van der Waals surface area contributed by atoms with Gasteiger partial charge in [0.05, 0.1) is 26.2 Å². The van der Waals surface area contributed by atoms with Gasteiger partial charge < -0.3 is 19.7 Å². The minimum Gasteiger partial charge on any atom is -0.493 e. The van der Waals surface area contributed by atoms with Crippen molar-refractivity contribution in [3.8, 4) is 11.5 Å². The first-order chi connectivity index (χ1) is 8.10. The molecular weight excluding hydrogens is 224 g/mol. The Morgan fingerprint density at radius 3 is 2.59 bits per heavy atom. The summed E-state index contributed by atoms with van der Waals surface area (Å²) in [5.41, 5.74) is 1.13. The molecule has 0 aromatic heterocycles. The van der Waals surface area contributed by atoms with E-state index in [2.05, 4.69) is 0 Å². The standard InChI is InChI=1S/C12H14O5/c1-16-9-4-3-6-8(13)5-7(12(14)15)10(6)11(9)17-2/h3-4,7-8,13H,5H2,1-2H3,(H,14,15). The van der Waals surface area contributed by atoms with Crippen LogP contribution in [0.5, 0.6) is 11.5 Å². The van der Waals surface area contributed by atoms with Crippen molar-refractivity contribution in [3.05, 3.63) is 23.3 Å². The summed E-state index contributed by atoms with van der Waals surface area (Å²) in [5, 5.41) is 19.0. The molecule has 2 unspecified atom stereocenters. The SMILES string of the molecule is COc1ccc2c(c1OC)C(C(=O)O)CC2O. The lowest BCUT2D eigenvalue weighted by molar-refractivity contribution is -0.139. The Bertz CT molecular complexity index is 454. The Labute approximate surface area is 98.6 Å². The van der Waals surface area contributed by atoms with Crippen LogP contribution in [0.3, 0.4) is 0 Å². The number of hydrogen-bond donors (Lipinski definition) is 2. The molecule has 2 atom stereocenters. The number of aliphatic carboxylic acids is 1. The number of fused-ring (bicyclic) bond motifs is 1. The van der Waals surface area contributed by atoms with Crippen molar-refractivity contribution in [3.63, 3.8) is 0 Å². The third-order valence-electron chi connectivity index (χ3n) is 3.08. The third kappa shape index (κ3) is 1.72. The second-order valence-electron chi connectivity index (χ2n) is 3.95. The molecule has 2 rings (SSSR count). The highest BCUT2D eigenvalue weighted by atomic mass is 16.5. The molecule has 0 radical (unpaired) electrons. The van der Waals surface area contributed by atoms with Gasteiger partial charge >= 0.3 is 5.97 Å². The number of hydrogen-bond acceptors (Lipinski definition) is 4. The number of rotatable bonds is 3. The molecule has 0 aliphatic heterocycles. The number of benzene rings is 1. The van der Waals surface area contributed by atoms with E-state index in [0.29, 0.717) is 22.6 Å². The summed E-state index contributed by atoms with van der Waals surface area (Å²) in [7, 11) is 2.95. The topological polar surface area (TPSA) is 76.0 Å². The largest absolute Gasteiger partial charge is 0.493 e. The average Bonchev–Trinajstić information content (AvgIpc) is 2.66. The number of carboxylic acid groups (broad SMARTS) is 1. The first-order valence-corrected chi connectivity index (χ1v) is 5.25. The van der Waals surface area contributed by atoms with Gasteiger partial charge in [-0.1, -0.05) is 6.07 Å². The lowest BCUT2D eigenvalue weighted by Crippen LogP contribution is -2.09. The van der Waals surface area contributed by atoms with Crippen molar-refractivity contribution in [2.45, 2.75) is 18.4 Å². The van der Waals surface area contributed by atoms with Crippen LogP contribution in [0, 0.1) is 0 Å². The summed E-state index contributed by atoms with van der Waals surface area (Å²) in [6.07, 6.45) is -0.584. The van der Waals surface area contributed by atoms with Gasteiger partial charge in [0.2, 0.25) is 0 Å². The van der Waals surface area contributed by atoms with Crippen molar-refractivity contribution in [1.29, 1.82) is 0 Å². The molecule has 92 valence electrons. The van der Waals surface area contributed by atoms with Gasteiger partial charge in [0.25, 0.3) is 0 Å². The molecule has 0 saturated heterocycles. The summed E-state index contributed by atoms with van der Waals surface area (Å²) < 4.78 is 10.3. The zero-order chi connectivity index (χ0) is 12.6. The Hall–Kier alpha value is -1.75. The van der Waals surface area contributed by atoms with E-state index < -0.39 is 18.0 Å². The second-order valence-corrected chi connectivity index (χ2v) is 3.95. The minimum atomic E-state index is -0.964. The molecule has 0 amide bonds. The molecule has 1 aliphatic rings. The smallest absolute Gasteiger partial charge is 0.311 e.